The van der Waals surface area contributed by atoms with Gasteiger partial charge in [-0.25, -0.2) is 14.1 Å². The molecule has 0 fully saturated rings. The van der Waals surface area contributed by atoms with Gasteiger partial charge in [0.05, 0.1) is 6.54 Å². The fourth-order valence-corrected chi connectivity index (χ4v) is 2.42. The highest BCUT2D eigenvalue weighted by molar-refractivity contribution is 5.88. The van der Waals surface area contributed by atoms with Crippen LogP contribution in [0.3, 0.4) is 0 Å². The van der Waals surface area contributed by atoms with Crippen molar-refractivity contribution in [2.75, 3.05) is 5.32 Å². The molecule has 0 spiro atoms. The predicted octanol–water partition coefficient (Wildman–Crippen LogP) is 2.76. The zero-order chi connectivity index (χ0) is 17.7. The number of carbonyl (C=O) groups is 1. The normalized spacial score (nSPS) is 14.1. The van der Waals surface area contributed by atoms with Crippen LogP contribution in [0.4, 0.5) is 10.3 Å². The second-order valence-electron chi connectivity index (χ2n) is 5.83. The Bertz CT molecular complexity index is 832. The van der Waals surface area contributed by atoms with Crippen molar-refractivity contribution in [1.82, 2.24) is 14.8 Å². The highest BCUT2D eigenvalue weighted by Crippen LogP contribution is 2.37. The lowest BCUT2D eigenvalue weighted by Crippen LogP contribution is -2.18. The molecule has 0 unspecified atom stereocenters. The van der Waals surface area contributed by atoms with Gasteiger partial charge < -0.3 is 0 Å². The fourth-order valence-electron chi connectivity index (χ4n) is 2.42. The van der Waals surface area contributed by atoms with E-state index in [0.29, 0.717) is 25.8 Å². The molecule has 7 nitrogen and oxygen atoms in total. The van der Waals surface area contributed by atoms with Gasteiger partial charge in [0.2, 0.25) is 11.9 Å². The van der Waals surface area contributed by atoms with Crippen molar-refractivity contribution in [3.63, 3.8) is 0 Å². The van der Waals surface area contributed by atoms with Gasteiger partial charge in [-0.15, -0.1) is 17.4 Å². The van der Waals surface area contributed by atoms with E-state index in [-0.39, 0.29) is 24.1 Å². The predicted molar refractivity (Wildman–Crippen MR) is 89.0 cm³/mol. The van der Waals surface area contributed by atoms with Gasteiger partial charge in [0.1, 0.15) is 12.1 Å². The molecule has 0 saturated heterocycles. The van der Waals surface area contributed by atoms with Gasteiger partial charge in [-0.1, -0.05) is 12.1 Å². The number of benzene rings is 1. The Balaban J connectivity index is 1.48. The maximum absolute atomic E-state index is 13.2. The average Bonchev–Trinajstić information content (AvgIpc) is 3.24. The van der Waals surface area contributed by atoms with Gasteiger partial charge in [-0.05, 0) is 17.7 Å². The number of halogens is 1. The number of terminal acetylenes is 1. The molecule has 1 aromatic heterocycles. The minimum Gasteiger partial charge on any atom is -0.293 e. The van der Waals surface area contributed by atoms with Crippen molar-refractivity contribution >= 4 is 11.9 Å². The molecule has 25 heavy (non-hydrogen) atoms. The molecule has 1 N–H and O–H groups in total. The maximum Gasteiger partial charge on any atom is 0.248 e. The number of aromatic nitrogens is 3. The van der Waals surface area contributed by atoms with Crippen LogP contribution in [0.2, 0.25) is 0 Å². The fraction of sp³-hybridized carbons (Fsp3) is 0.353. The van der Waals surface area contributed by atoms with Crippen molar-refractivity contribution < 1.29 is 9.18 Å². The Kier molecular flexibility index (Phi) is 4.84. The third-order valence-electron chi connectivity index (χ3n) is 3.83. The molecule has 1 amide bonds. The minimum absolute atomic E-state index is 0.208. The lowest BCUT2D eigenvalue weighted by Gasteiger charge is -2.07. The third kappa shape index (κ3) is 4.70. The molecule has 128 valence electrons. The Labute approximate surface area is 144 Å². The Morgan fingerprint density at radius 2 is 2.20 bits per heavy atom. The zero-order valence-electron chi connectivity index (χ0n) is 13.5. The van der Waals surface area contributed by atoms with Gasteiger partial charge in [0.15, 0.2) is 5.66 Å². The van der Waals surface area contributed by atoms with Crippen molar-refractivity contribution in [3.05, 3.63) is 42.0 Å². The second-order valence-corrected chi connectivity index (χ2v) is 5.83. The van der Waals surface area contributed by atoms with E-state index < -0.39 is 5.66 Å². The van der Waals surface area contributed by atoms with E-state index in [1.165, 1.54) is 23.1 Å². The molecular formula is C17H17FN6O. The first kappa shape index (κ1) is 16.8. The molecular weight excluding hydrogens is 323 g/mol. The first-order valence-corrected chi connectivity index (χ1v) is 7.90. The van der Waals surface area contributed by atoms with Crippen LogP contribution >= 0.6 is 0 Å². The van der Waals surface area contributed by atoms with E-state index in [9.17, 15) is 9.18 Å². The standard InChI is InChI=1S/C17H17FN6O/c1-2-3-8-17(22-23-17)9-7-15(25)20-16-19-12-24(21-16)11-13-5-4-6-14(18)10-13/h1,4-6,10,12H,3,7-9,11H2,(H,20,21,25). The molecule has 2 aromatic rings. The molecule has 2 heterocycles. The lowest BCUT2D eigenvalue weighted by molar-refractivity contribution is -0.116. The van der Waals surface area contributed by atoms with Gasteiger partial charge >= 0.3 is 0 Å². The van der Waals surface area contributed by atoms with Crippen LogP contribution in [0.1, 0.15) is 31.2 Å². The summed E-state index contributed by atoms with van der Waals surface area (Å²) >= 11 is 0. The Morgan fingerprint density at radius 1 is 1.36 bits per heavy atom. The Morgan fingerprint density at radius 3 is 2.92 bits per heavy atom. The van der Waals surface area contributed by atoms with Crippen molar-refractivity contribution in [1.29, 1.82) is 0 Å². The average molecular weight is 340 g/mol. The van der Waals surface area contributed by atoms with Crippen molar-refractivity contribution in [2.24, 2.45) is 10.2 Å². The molecule has 1 aliphatic rings. The first-order valence-electron chi connectivity index (χ1n) is 7.90. The van der Waals surface area contributed by atoms with Crippen molar-refractivity contribution in [2.45, 2.75) is 37.9 Å². The van der Waals surface area contributed by atoms with Gasteiger partial charge in [0.25, 0.3) is 0 Å². The minimum atomic E-state index is -0.478. The molecule has 3 rings (SSSR count). The van der Waals surface area contributed by atoms with E-state index in [4.69, 9.17) is 6.42 Å². The Hall–Kier alpha value is -3.08. The smallest absolute Gasteiger partial charge is 0.248 e. The number of hydrogen-bond donors (Lipinski definition) is 1. The summed E-state index contributed by atoms with van der Waals surface area (Å²) in [6.45, 7) is 0.369. The molecule has 1 aromatic carbocycles. The molecule has 0 atom stereocenters. The quantitative estimate of drug-likeness (QED) is 0.750. The summed E-state index contributed by atoms with van der Waals surface area (Å²) in [5.74, 6) is 2.25. The molecule has 0 saturated carbocycles. The van der Waals surface area contributed by atoms with Crippen LogP contribution < -0.4 is 5.32 Å². The number of anilines is 1. The number of amides is 1. The maximum atomic E-state index is 13.2. The lowest BCUT2D eigenvalue weighted by atomic mass is 10.0. The molecule has 0 radical (unpaired) electrons. The van der Waals surface area contributed by atoms with E-state index in [2.05, 4.69) is 31.5 Å². The van der Waals surface area contributed by atoms with Gasteiger partial charge in [-0.2, -0.15) is 10.2 Å². The number of carbonyl (C=O) groups excluding carboxylic acids is 1. The molecule has 1 aliphatic heterocycles. The highest BCUT2D eigenvalue weighted by atomic mass is 19.1. The first-order chi connectivity index (χ1) is 12.1. The van der Waals surface area contributed by atoms with Crippen LogP contribution in [-0.4, -0.2) is 26.3 Å². The SMILES string of the molecule is C#CCCC1(CCC(=O)Nc2ncn(Cc3cccc(F)c3)n2)N=N1. The van der Waals surface area contributed by atoms with E-state index >= 15 is 0 Å². The summed E-state index contributed by atoms with van der Waals surface area (Å²) in [6.07, 6.45) is 8.75. The third-order valence-corrected chi connectivity index (χ3v) is 3.83. The zero-order valence-corrected chi connectivity index (χ0v) is 13.5. The van der Waals surface area contributed by atoms with E-state index in [0.717, 1.165) is 5.56 Å². The summed E-state index contributed by atoms with van der Waals surface area (Å²) in [5, 5.41) is 14.8. The number of nitrogens with one attached hydrogen (secondary N) is 1. The van der Waals surface area contributed by atoms with Crippen LogP contribution in [0.5, 0.6) is 0 Å². The summed E-state index contributed by atoms with van der Waals surface area (Å²) < 4.78 is 14.7. The van der Waals surface area contributed by atoms with E-state index in [1.807, 2.05) is 0 Å². The topological polar surface area (TPSA) is 84.5 Å². The largest absolute Gasteiger partial charge is 0.293 e. The summed E-state index contributed by atoms with van der Waals surface area (Å²) in [6, 6.07) is 6.24. The second kappa shape index (κ2) is 7.21. The summed E-state index contributed by atoms with van der Waals surface area (Å²) in [5.41, 5.74) is 0.281. The number of nitrogens with zero attached hydrogens (tertiary/aromatic N) is 5. The molecule has 0 aliphatic carbocycles. The summed E-state index contributed by atoms with van der Waals surface area (Å²) in [4.78, 5) is 16.0. The van der Waals surface area contributed by atoms with Gasteiger partial charge in [0, 0.05) is 25.7 Å². The van der Waals surface area contributed by atoms with Crippen LogP contribution in [0.25, 0.3) is 0 Å². The van der Waals surface area contributed by atoms with Crippen LogP contribution in [-0.2, 0) is 11.3 Å². The van der Waals surface area contributed by atoms with Crippen LogP contribution in [0, 0.1) is 18.2 Å². The number of rotatable bonds is 8. The van der Waals surface area contributed by atoms with Crippen LogP contribution in [0.15, 0.2) is 40.8 Å². The van der Waals surface area contributed by atoms with E-state index in [1.54, 1.807) is 12.1 Å². The molecule has 0 bridgehead atoms. The molecule has 8 heteroatoms. The number of hydrogen-bond acceptors (Lipinski definition) is 5. The monoisotopic (exact) mass is 340 g/mol. The van der Waals surface area contributed by atoms with Gasteiger partial charge in [-0.3, -0.25) is 10.1 Å². The van der Waals surface area contributed by atoms with Crippen molar-refractivity contribution in [3.8, 4) is 12.3 Å². The highest BCUT2D eigenvalue weighted by Gasteiger charge is 2.39. The summed E-state index contributed by atoms with van der Waals surface area (Å²) in [7, 11) is 0.